The van der Waals surface area contributed by atoms with Crippen LogP contribution in [0.3, 0.4) is 0 Å². The van der Waals surface area contributed by atoms with Crippen LogP contribution < -0.4 is 21.7 Å². The number of halogens is 5. The standard InChI is InChI=1S/C24H26FNO6.C23H23Cl2NO6.C23H23ClFNO6.C22H25NO7/c1-11-8-13(4-5-15(11)25)22(30)19-12(2)32-24-20(14-6-7-26(3)10-18(14)29)16(27)9-17(28)21(24)23(19)31;2*1-10-17(21(30)19-12(24)4-3-5-13(19)25)22(31)20-15(28)8-14(27)18(23(20)32-10)11-6-7-26(2)9-16(11)29;1-10-4-5-16(29-10)20(27)17-11(2)30-22-18(12-6-7-23(3)9-15(12)26)13(24)8-14(25)19(22)21(17)28/h4-5,8-9,14,18,22,27-30H,6-7,10H2,1-3H3;2*3-5,8,11,16,21,27-30H,6-7,9H2,1-2H3;4-5,8,12,15,20,24-27H,6-7,9H2,1-3H3. The molecule has 670 valence electrons. The van der Waals surface area contributed by atoms with Crippen LogP contribution in [0.15, 0.2) is 132 Å². The van der Waals surface area contributed by atoms with Crippen molar-refractivity contribution < 1.29 is 113 Å². The molecular formula is C92H97Cl3F2N4O25. The fourth-order valence-corrected chi connectivity index (χ4v) is 18.8. The molecule has 0 saturated carbocycles. The van der Waals surface area contributed by atoms with E-state index in [1.807, 2.05) is 47.8 Å². The number of hydrogen-bond acceptors (Lipinski definition) is 29. The second-order valence-electron chi connectivity index (χ2n) is 33.0. The van der Waals surface area contributed by atoms with Crippen molar-refractivity contribution in [1.29, 1.82) is 0 Å². The molecular weight excluding hydrogens is 1710 g/mol. The van der Waals surface area contributed by atoms with Gasteiger partial charge in [-0.3, -0.25) is 19.2 Å². The van der Waals surface area contributed by atoms with Gasteiger partial charge in [0, 0.05) is 123 Å². The highest BCUT2D eigenvalue weighted by atomic mass is 35.5. The van der Waals surface area contributed by atoms with Gasteiger partial charge in [0.15, 0.2) is 0 Å². The van der Waals surface area contributed by atoms with E-state index in [9.17, 15) is 110 Å². The molecule has 4 aliphatic heterocycles. The largest absolute Gasteiger partial charge is 0.507 e. The summed E-state index contributed by atoms with van der Waals surface area (Å²) in [5, 5.41) is 170. The minimum absolute atomic E-state index is 0.00941. The van der Waals surface area contributed by atoms with Gasteiger partial charge in [0.2, 0.25) is 21.7 Å². The van der Waals surface area contributed by atoms with Crippen molar-refractivity contribution in [1.82, 2.24) is 19.6 Å². The van der Waals surface area contributed by atoms with E-state index in [2.05, 4.69) is 0 Å². The number of nitrogens with zero attached hydrogens (tertiary/aromatic N) is 4. The fourth-order valence-electron chi connectivity index (χ4n) is 17.9. The number of aliphatic hydroxyl groups is 8. The quantitative estimate of drug-likeness (QED) is 0.0540. The summed E-state index contributed by atoms with van der Waals surface area (Å²) in [6.45, 7) is 13.5. The van der Waals surface area contributed by atoms with E-state index in [-0.39, 0.29) is 161 Å². The van der Waals surface area contributed by atoms with E-state index in [1.165, 1.54) is 58.0 Å². The number of β-amino-alcohol motifs (C(OH)–C–C–N with tert-alkyl or cyclic N) is 4. The maximum atomic E-state index is 14.4. The van der Waals surface area contributed by atoms with Gasteiger partial charge in [-0.05, 0) is 175 Å². The number of piperidine rings is 4. The van der Waals surface area contributed by atoms with Gasteiger partial charge < -0.3 is 123 Å². The number of fused-ring (bicyclic) bond motifs is 4. The molecule has 7 aromatic carbocycles. The molecule has 0 bridgehead atoms. The van der Waals surface area contributed by atoms with E-state index in [4.69, 9.17) is 56.9 Å². The van der Waals surface area contributed by atoms with Crippen LogP contribution >= 0.6 is 34.8 Å². The van der Waals surface area contributed by atoms with E-state index in [0.29, 0.717) is 100 Å². The first-order valence-corrected chi connectivity index (χ1v) is 41.6. The van der Waals surface area contributed by atoms with E-state index in [1.54, 1.807) is 44.2 Å². The summed E-state index contributed by atoms with van der Waals surface area (Å²) in [5.74, 6) is -5.21. The first-order valence-electron chi connectivity index (χ1n) is 40.5. The number of hydrogen-bond donors (Lipinski definition) is 16. The van der Waals surface area contributed by atoms with Crippen LogP contribution in [0.4, 0.5) is 8.78 Å². The predicted molar refractivity (Wildman–Crippen MR) is 464 cm³/mol. The molecule has 5 aromatic heterocycles. The Kier molecular flexibility index (Phi) is 27.5. The molecule has 0 spiro atoms. The third-order valence-electron chi connectivity index (χ3n) is 24.3. The Hall–Kier alpha value is -10.7. The number of likely N-dealkylation sites (tertiary alicyclic amines) is 4. The topological polar surface area (TPSA) is 471 Å². The van der Waals surface area contributed by atoms with Crippen LogP contribution in [0.5, 0.6) is 46.0 Å². The molecule has 0 aliphatic carbocycles. The SMILES string of the molecule is Cc1cc(C(O)c2c(C)oc3c(C4CCN(C)CC4O)c(O)cc(O)c3c2=O)ccc1F.Cc1ccc(C(O)c2c(C)oc3c(C4CCN(C)CC4O)c(O)cc(O)c3c2=O)o1.Cc1oc2c(C3CCN(C)CC3O)c(O)cc(O)c2c(=O)c1C(O)c1c(Cl)cccc1Cl.Cc1oc2c(C3CCN(C)CC3O)c(O)cc(O)c2c(=O)c1C(O)c1c(F)cccc1Cl. The van der Waals surface area contributed by atoms with Crippen LogP contribution in [0.25, 0.3) is 43.9 Å². The predicted octanol–water partition coefficient (Wildman–Crippen LogP) is 11.9. The summed E-state index contributed by atoms with van der Waals surface area (Å²) in [6.07, 6.45) is -7.14. The number of aliphatic hydroxyl groups excluding tert-OH is 8. The van der Waals surface area contributed by atoms with Crippen LogP contribution in [-0.2, 0) is 0 Å². The Morgan fingerprint density at radius 1 is 0.349 bits per heavy atom. The number of rotatable bonds is 12. The van der Waals surface area contributed by atoms with Crippen molar-refractivity contribution in [3.05, 3.63) is 260 Å². The number of aryl methyl sites for hydroxylation is 6. The maximum absolute atomic E-state index is 14.4. The Labute approximate surface area is 733 Å². The number of phenols is 8. The van der Waals surface area contributed by atoms with Crippen LogP contribution in [-0.4, -0.2) is 206 Å². The second kappa shape index (κ2) is 37.3. The molecule has 12 aromatic rings. The summed E-state index contributed by atoms with van der Waals surface area (Å²) >= 11 is 18.5. The number of phenolic OH excluding ortho intramolecular Hbond substituents is 8. The summed E-state index contributed by atoms with van der Waals surface area (Å²) in [5.41, 5.74) is -1.82. The molecule has 16 N–H and O–H groups in total. The molecule has 4 saturated heterocycles. The molecule has 16 rings (SSSR count). The Bertz CT molecular complexity index is 6240. The lowest BCUT2D eigenvalue weighted by molar-refractivity contribution is 0.0629. The molecule has 12 atom stereocenters. The van der Waals surface area contributed by atoms with Gasteiger partial charge >= 0.3 is 0 Å². The maximum Gasteiger partial charge on any atom is 0.203 e. The molecule has 4 aliphatic rings. The molecule has 4 fully saturated rings. The zero-order valence-electron chi connectivity index (χ0n) is 70.1. The molecule has 12 unspecified atom stereocenters. The highest BCUT2D eigenvalue weighted by Crippen LogP contribution is 2.49. The Balaban J connectivity index is 0.000000144. The van der Waals surface area contributed by atoms with Crippen LogP contribution in [0.2, 0.25) is 15.1 Å². The van der Waals surface area contributed by atoms with Crippen LogP contribution in [0.1, 0.15) is 175 Å². The molecule has 126 heavy (non-hydrogen) atoms. The first kappa shape index (κ1) is 93.0. The highest BCUT2D eigenvalue weighted by molar-refractivity contribution is 6.36. The van der Waals surface area contributed by atoms with Gasteiger partial charge in [-0.15, -0.1) is 0 Å². The normalized spacial score (nSPS) is 20.7. The lowest BCUT2D eigenvalue weighted by Crippen LogP contribution is -2.40. The number of aromatic hydroxyl groups is 8. The first-order chi connectivity index (χ1) is 59.5. The van der Waals surface area contributed by atoms with E-state index < -0.39 is 129 Å². The Morgan fingerprint density at radius 3 is 0.937 bits per heavy atom. The van der Waals surface area contributed by atoms with Gasteiger partial charge in [-0.25, -0.2) is 8.78 Å². The molecule has 0 radical (unpaired) electrons. The van der Waals surface area contributed by atoms with Crippen molar-refractivity contribution in [3.63, 3.8) is 0 Å². The van der Waals surface area contributed by atoms with Gasteiger partial charge in [0.05, 0.1) is 46.7 Å². The summed E-state index contributed by atoms with van der Waals surface area (Å²) in [4.78, 5) is 61.4. The minimum Gasteiger partial charge on any atom is -0.507 e. The minimum atomic E-state index is -1.74. The zero-order chi connectivity index (χ0) is 91.7. The summed E-state index contributed by atoms with van der Waals surface area (Å²) in [7, 11) is 7.51. The third-order valence-corrected chi connectivity index (χ3v) is 25.3. The number of likely N-dealkylation sites (N-methyl/N-ethyl adjacent to an activating group) is 4. The molecule has 9 heterocycles. The lowest BCUT2D eigenvalue weighted by atomic mass is 9.85. The van der Waals surface area contributed by atoms with E-state index >= 15 is 0 Å². The number of benzene rings is 7. The van der Waals surface area contributed by atoms with Crippen molar-refractivity contribution in [2.75, 3.05) is 80.5 Å². The number of furan rings is 1. The van der Waals surface area contributed by atoms with Gasteiger partial charge in [-0.2, -0.15) is 0 Å². The average Bonchev–Trinajstić information content (AvgIpc) is 0.927. The zero-order valence-corrected chi connectivity index (χ0v) is 72.3. The van der Waals surface area contributed by atoms with Crippen molar-refractivity contribution in [2.24, 2.45) is 0 Å². The molecule has 29 nitrogen and oxygen atoms in total. The van der Waals surface area contributed by atoms with Gasteiger partial charge in [-0.1, -0.05) is 59.1 Å². The molecule has 34 heteroatoms. The summed E-state index contributed by atoms with van der Waals surface area (Å²) in [6, 6.07) is 20.1. The average molecular weight is 1800 g/mol. The summed E-state index contributed by atoms with van der Waals surface area (Å²) < 4.78 is 57.1. The lowest BCUT2D eigenvalue weighted by Gasteiger charge is -2.34. The van der Waals surface area contributed by atoms with Crippen molar-refractivity contribution >= 4 is 78.7 Å². The second-order valence-corrected chi connectivity index (χ2v) is 34.2. The molecule has 0 amide bonds. The van der Waals surface area contributed by atoms with Crippen molar-refractivity contribution in [3.8, 4) is 46.0 Å². The smallest absolute Gasteiger partial charge is 0.203 e. The fraction of sp³-hybridized carbons (Fsp3) is 0.370. The third kappa shape index (κ3) is 17.8. The highest BCUT2D eigenvalue weighted by Gasteiger charge is 2.41. The van der Waals surface area contributed by atoms with Crippen molar-refractivity contribution in [2.45, 2.75) is 140 Å². The van der Waals surface area contributed by atoms with Gasteiger partial charge in [0.25, 0.3) is 0 Å². The van der Waals surface area contributed by atoms with Crippen LogP contribution in [0, 0.1) is 53.2 Å². The Morgan fingerprint density at radius 2 is 0.643 bits per heavy atom. The van der Waals surface area contributed by atoms with Gasteiger partial charge in [0.1, 0.15) is 160 Å². The van der Waals surface area contributed by atoms with E-state index in [0.717, 1.165) is 30.3 Å². The monoisotopic (exact) mass is 1800 g/mol.